The van der Waals surface area contributed by atoms with E-state index in [4.69, 9.17) is 8.92 Å². The second-order valence-corrected chi connectivity index (χ2v) is 9.60. The van der Waals surface area contributed by atoms with Crippen molar-refractivity contribution in [1.82, 2.24) is 19.5 Å². The number of halogens is 1. The maximum atomic E-state index is 13.7. The second-order valence-electron chi connectivity index (χ2n) is 8.03. The predicted octanol–water partition coefficient (Wildman–Crippen LogP) is 3.24. The Kier molecular flexibility index (Phi) is 5.90. The molecule has 0 fully saturated rings. The van der Waals surface area contributed by atoms with Crippen molar-refractivity contribution in [1.29, 1.82) is 0 Å². The fourth-order valence-corrected chi connectivity index (χ4v) is 3.25. The van der Waals surface area contributed by atoms with Crippen LogP contribution in [0, 0.1) is 5.82 Å². The van der Waals surface area contributed by atoms with Crippen LogP contribution in [0.4, 0.5) is 9.18 Å². The molecule has 2 heterocycles. The second kappa shape index (κ2) is 8.14. The minimum Gasteiger partial charge on any atom is -0.444 e. The zero-order valence-electron chi connectivity index (χ0n) is 17.8. The van der Waals surface area contributed by atoms with Crippen LogP contribution in [0.5, 0.6) is 5.75 Å². The number of carbonyl (C=O) groups excluding carboxylic acids is 1. The van der Waals surface area contributed by atoms with E-state index in [1.807, 2.05) is 0 Å². The first-order chi connectivity index (χ1) is 14.3. The zero-order valence-corrected chi connectivity index (χ0v) is 18.6. The molecule has 31 heavy (non-hydrogen) atoms. The average Bonchev–Trinajstić information content (AvgIpc) is 3.01. The molecule has 0 unspecified atom stereocenters. The molecule has 11 heteroatoms. The van der Waals surface area contributed by atoms with E-state index in [-0.39, 0.29) is 12.3 Å². The predicted molar refractivity (Wildman–Crippen MR) is 112 cm³/mol. The van der Waals surface area contributed by atoms with Crippen LogP contribution >= 0.6 is 0 Å². The number of amides is 1. The molecule has 0 aliphatic heterocycles. The van der Waals surface area contributed by atoms with E-state index >= 15 is 0 Å². The van der Waals surface area contributed by atoms with Gasteiger partial charge in [0.05, 0.1) is 12.8 Å². The van der Waals surface area contributed by atoms with Gasteiger partial charge in [-0.15, -0.1) is 10.2 Å². The lowest BCUT2D eigenvalue weighted by molar-refractivity contribution is 0.0280. The third kappa shape index (κ3) is 5.69. The first kappa shape index (κ1) is 22.5. The maximum Gasteiger partial charge on any atom is 0.410 e. The third-order valence-electron chi connectivity index (χ3n) is 4.05. The number of carbonyl (C=O) groups is 1. The number of ether oxygens (including phenoxy) is 1. The number of hydrogen-bond donors (Lipinski definition) is 0. The smallest absolute Gasteiger partial charge is 0.410 e. The lowest BCUT2D eigenvalue weighted by Crippen LogP contribution is -2.34. The molecule has 0 aliphatic carbocycles. The van der Waals surface area contributed by atoms with Gasteiger partial charge in [0.15, 0.2) is 17.2 Å². The van der Waals surface area contributed by atoms with Crippen LogP contribution < -0.4 is 4.18 Å². The van der Waals surface area contributed by atoms with Crippen LogP contribution in [0.1, 0.15) is 26.6 Å². The molecule has 3 rings (SSSR count). The normalized spacial score (nSPS) is 12.1. The summed E-state index contributed by atoms with van der Waals surface area (Å²) in [5, 5.41) is 8.20. The van der Waals surface area contributed by atoms with Gasteiger partial charge < -0.3 is 13.8 Å². The highest BCUT2D eigenvalue weighted by Crippen LogP contribution is 2.32. The van der Waals surface area contributed by atoms with Crippen molar-refractivity contribution in [2.24, 2.45) is 0 Å². The Morgan fingerprint density at radius 3 is 2.55 bits per heavy atom. The Balaban J connectivity index is 1.97. The molecule has 1 aromatic carbocycles. The molecule has 0 saturated carbocycles. The van der Waals surface area contributed by atoms with Crippen LogP contribution in [-0.2, 0) is 21.4 Å². The summed E-state index contributed by atoms with van der Waals surface area (Å²) in [5.41, 5.74) is 0.800. The molecular weight excluding hydrogens is 427 g/mol. The molecule has 0 radical (unpaired) electrons. The van der Waals surface area contributed by atoms with Crippen molar-refractivity contribution < 1.29 is 26.5 Å². The molecule has 0 bridgehead atoms. The average molecular weight is 450 g/mol. The molecule has 0 saturated heterocycles. The van der Waals surface area contributed by atoms with Gasteiger partial charge in [0.2, 0.25) is 0 Å². The highest BCUT2D eigenvalue weighted by molar-refractivity contribution is 7.86. The lowest BCUT2D eigenvalue weighted by Gasteiger charge is -2.24. The number of fused-ring (bicyclic) bond motifs is 1. The largest absolute Gasteiger partial charge is 0.444 e. The van der Waals surface area contributed by atoms with Crippen LogP contribution in [0.2, 0.25) is 0 Å². The first-order valence-electron chi connectivity index (χ1n) is 9.29. The van der Waals surface area contributed by atoms with Gasteiger partial charge in [-0.3, -0.25) is 4.40 Å². The fourth-order valence-electron chi connectivity index (χ4n) is 2.79. The summed E-state index contributed by atoms with van der Waals surface area (Å²) >= 11 is 0. The van der Waals surface area contributed by atoms with Gasteiger partial charge in [-0.2, -0.15) is 8.42 Å². The quantitative estimate of drug-likeness (QED) is 0.550. The van der Waals surface area contributed by atoms with Crippen molar-refractivity contribution in [3.8, 4) is 16.9 Å². The van der Waals surface area contributed by atoms with E-state index in [2.05, 4.69) is 10.2 Å². The zero-order chi connectivity index (χ0) is 23.0. The molecule has 0 aliphatic rings. The number of pyridine rings is 1. The van der Waals surface area contributed by atoms with Crippen molar-refractivity contribution >= 4 is 21.9 Å². The van der Waals surface area contributed by atoms with Gasteiger partial charge in [-0.1, -0.05) is 0 Å². The minimum absolute atomic E-state index is 0.121. The number of benzene rings is 1. The standard InChI is InChI=1S/C20H23FN4O5S/c1-20(2,3)29-19(26)24(4)12-18-23-22-17-9-6-13(11-25(17)18)15-8-7-14(21)10-16(15)30-31(5,27)28/h6-11H,12H2,1-5H3. The summed E-state index contributed by atoms with van der Waals surface area (Å²) in [7, 11) is -2.28. The van der Waals surface area contributed by atoms with Crippen LogP contribution in [0.15, 0.2) is 36.5 Å². The van der Waals surface area contributed by atoms with Gasteiger partial charge >= 0.3 is 16.2 Å². The molecule has 0 N–H and O–H groups in total. The van der Waals surface area contributed by atoms with Gasteiger partial charge in [-0.25, -0.2) is 9.18 Å². The Morgan fingerprint density at radius 2 is 1.90 bits per heavy atom. The minimum atomic E-state index is -3.86. The number of rotatable bonds is 5. The van der Waals surface area contributed by atoms with E-state index in [0.717, 1.165) is 12.3 Å². The van der Waals surface area contributed by atoms with Gasteiger partial charge in [0.25, 0.3) is 0 Å². The van der Waals surface area contributed by atoms with Crippen LogP contribution in [0.3, 0.4) is 0 Å². The van der Waals surface area contributed by atoms with Crippen molar-refractivity contribution in [3.05, 3.63) is 48.2 Å². The summed E-state index contributed by atoms with van der Waals surface area (Å²) in [6.07, 6.45) is 2.04. The van der Waals surface area contributed by atoms with Crippen molar-refractivity contribution in [2.45, 2.75) is 32.9 Å². The summed E-state index contributed by atoms with van der Waals surface area (Å²) in [6, 6.07) is 7.00. The summed E-state index contributed by atoms with van der Waals surface area (Å²) < 4.78 is 48.8. The first-order valence-corrected chi connectivity index (χ1v) is 11.1. The highest BCUT2D eigenvalue weighted by Gasteiger charge is 2.21. The monoisotopic (exact) mass is 450 g/mol. The van der Waals surface area contributed by atoms with E-state index in [0.29, 0.717) is 22.6 Å². The van der Waals surface area contributed by atoms with E-state index in [9.17, 15) is 17.6 Å². The van der Waals surface area contributed by atoms with E-state index in [1.54, 1.807) is 50.5 Å². The molecule has 2 aromatic heterocycles. The Labute approximate surface area is 179 Å². The van der Waals surface area contributed by atoms with Crippen LogP contribution in [-0.4, -0.2) is 52.9 Å². The van der Waals surface area contributed by atoms with Gasteiger partial charge in [0.1, 0.15) is 11.4 Å². The SMILES string of the molecule is CN(Cc1nnc2ccc(-c3ccc(F)cc3OS(C)(=O)=O)cn12)C(=O)OC(C)(C)C. The molecule has 0 spiro atoms. The van der Waals surface area contributed by atoms with Crippen molar-refractivity contribution in [3.63, 3.8) is 0 Å². The van der Waals surface area contributed by atoms with Gasteiger partial charge in [-0.05, 0) is 45.0 Å². The topological polar surface area (TPSA) is 103 Å². The fraction of sp³-hybridized carbons (Fsp3) is 0.350. The highest BCUT2D eigenvalue weighted by atomic mass is 32.2. The maximum absolute atomic E-state index is 13.7. The molecule has 3 aromatic rings. The molecule has 166 valence electrons. The molecule has 1 amide bonds. The molecular formula is C20H23FN4O5S. The third-order valence-corrected chi connectivity index (χ3v) is 4.53. The van der Waals surface area contributed by atoms with E-state index < -0.39 is 27.6 Å². The Morgan fingerprint density at radius 1 is 1.19 bits per heavy atom. The lowest BCUT2D eigenvalue weighted by atomic mass is 10.1. The van der Waals surface area contributed by atoms with E-state index in [1.165, 1.54) is 17.0 Å². The Hall–Kier alpha value is -3.21. The summed E-state index contributed by atoms with van der Waals surface area (Å²) in [5.74, 6) is -0.312. The number of aromatic nitrogens is 3. The van der Waals surface area contributed by atoms with Gasteiger partial charge in [0, 0.05) is 30.4 Å². The summed E-state index contributed by atoms with van der Waals surface area (Å²) in [6.45, 7) is 5.44. The molecule has 0 atom stereocenters. The van der Waals surface area contributed by atoms with Crippen molar-refractivity contribution in [2.75, 3.05) is 13.3 Å². The molecule has 9 nitrogen and oxygen atoms in total. The number of nitrogens with zero attached hydrogens (tertiary/aromatic N) is 4. The van der Waals surface area contributed by atoms with Crippen LogP contribution in [0.25, 0.3) is 16.8 Å². The number of hydrogen-bond acceptors (Lipinski definition) is 7. The summed E-state index contributed by atoms with van der Waals surface area (Å²) in [4.78, 5) is 13.6. The Bertz CT molecular complexity index is 1230.